The number of nitro benzene ring substituents is 1. The number of benzene rings is 1. The average Bonchev–Trinajstić information content (AvgIpc) is 3.00. The Balaban J connectivity index is 1.62. The molecule has 1 N–H and O–H groups in total. The summed E-state index contributed by atoms with van der Waals surface area (Å²) in [7, 11) is 0. The molecule has 0 spiro atoms. The van der Waals surface area contributed by atoms with E-state index in [0.717, 1.165) is 30.5 Å². The van der Waals surface area contributed by atoms with Crippen LogP contribution in [0.4, 0.5) is 5.69 Å². The van der Waals surface area contributed by atoms with Gasteiger partial charge in [0.05, 0.1) is 23.2 Å². The van der Waals surface area contributed by atoms with Gasteiger partial charge in [0, 0.05) is 12.1 Å². The topological polar surface area (TPSA) is 107 Å². The van der Waals surface area contributed by atoms with Gasteiger partial charge >= 0.3 is 0 Å². The van der Waals surface area contributed by atoms with Crippen LogP contribution >= 0.6 is 0 Å². The van der Waals surface area contributed by atoms with Crippen LogP contribution in [0, 0.1) is 10.1 Å². The Bertz CT molecular complexity index is 818. The third-order valence-electron chi connectivity index (χ3n) is 3.88. The Hall–Kier alpha value is -2.74. The molecule has 126 valence electrons. The second-order valence-corrected chi connectivity index (χ2v) is 5.71. The van der Waals surface area contributed by atoms with Gasteiger partial charge in [0.15, 0.2) is 0 Å². The molecule has 2 aromatic rings. The summed E-state index contributed by atoms with van der Waals surface area (Å²) in [4.78, 5) is 22.2. The number of fused-ring (bicyclic) bond motifs is 1. The smallest absolute Gasteiger partial charge is 0.273 e. The largest absolute Gasteiger partial charge is 0.491 e. The predicted molar refractivity (Wildman–Crippen MR) is 85.1 cm³/mol. The number of ether oxygens (including phenoxy) is 1. The summed E-state index contributed by atoms with van der Waals surface area (Å²) < 4.78 is 6.61. The number of non-ortho nitro benzene ring substituents is 1. The maximum absolute atomic E-state index is 12.0. The zero-order chi connectivity index (χ0) is 17.1. The molecule has 1 atom stereocenters. The first-order valence-electron chi connectivity index (χ1n) is 7.68. The van der Waals surface area contributed by atoms with Crippen LogP contribution in [0.2, 0.25) is 0 Å². The van der Waals surface area contributed by atoms with Crippen LogP contribution in [-0.4, -0.2) is 32.5 Å². The number of nitrogens with zero attached hydrogens (tertiary/aromatic N) is 3. The van der Waals surface area contributed by atoms with Crippen molar-refractivity contribution in [2.45, 2.75) is 31.9 Å². The van der Waals surface area contributed by atoms with Gasteiger partial charge in [-0.2, -0.15) is 5.10 Å². The molecule has 0 fully saturated rings. The molecule has 0 radical (unpaired) electrons. The molecule has 1 heterocycles. The van der Waals surface area contributed by atoms with E-state index in [0.29, 0.717) is 0 Å². The number of rotatable bonds is 6. The maximum atomic E-state index is 12.0. The molecule has 8 nitrogen and oxygen atoms in total. The molecule has 0 unspecified atom stereocenters. The zero-order valence-corrected chi connectivity index (χ0v) is 12.9. The monoisotopic (exact) mass is 331 g/mol. The van der Waals surface area contributed by atoms with Crippen LogP contribution in [0.15, 0.2) is 35.1 Å². The second-order valence-electron chi connectivity index (χ2n) is 5.71. The van der Waals surface area contributed by atoms with Crippen molar-refractivity contribution in [1.29, 1.82) is 0 Å². The lowest BCUT2D eigenvalue weighted by Crippen LogP contribution is -2.32. The SMILES string of the molecule is O=c1cc2c(nn1C[C@H](O)COc1cccc([N+](=O)[O-])c1)CCC2. The van der Waals surface area contributed by atoms with Gasteiger partial charge in [-0.1, -0.05) is 6.07 Å². The summed E-state index contributed by atoms with van der Waals surface area (Å²) in [6.07, 6.45) is 1.76. The van der Waals surface area contributed by atoms with Gasteiger partial charge in [-0.05, 0) is 30.9 Å². The van der Waals surface area contributed by atoms with Crippen LogP contribution in [0.3, 0.4) is 0 Å². The molecule has 0 saturated heterocycles. The van der Waals surface area contributed by atoms with Gasteiger partial charge < -0.3 is 9.84 Å². The van der Waals surface area contributed by atoms with E-state index in [9.17, 15) is 20.0 Å². The van der Waals surface area contributed by atoms with E-state index in [1.807, 2.05) is 0 Å². The summed E-state index contributed by atoms with van der Waals surface area (Å²) in [5.41, 5.74) is 1.56. The molecule has 0 saturated carbocycles. The second kappa shape index (κ2) is 6.79. The lowest BCUT2D eigenvalue weighted by Gasteiger charge is -2.14. The molecule has 24 heavy (non-hydrogen) atoms. The van der Waals surface area contributed by atoms with E-state index >= 15 is 0 Å². The first-order valence-corrected chi connectivity index (χ1v) is 7.68. The molecule has 1 aromatic carbocycles. The van der Waals surface area contributed by atoms with Gasteiger partial charge in [0.2, 0.25) is 0 Å². The standard InChI is InChI=1S/C16H17N3O5/c20-13(10-24-14-5-2-4-12(8-14)19(22)23)9-18-16(21)7-11-3-1-6-15(11)17-18/h2,4-5,7-8,13,20H,1,3,6,9-10H2/t13-/m0/s1. The van der Waals surface area contributed by atoms with Crippen LogP contribution in [0.5, 0.6) is 5.75 Å². The molecule has 0 amide bonds. The van der Waals surface area contributed by atoms with Crippen molar-refractivity contribution in [3.05, 3.63) is 62.1 Å². The lowest BCUT2D eigenvalue weighted by atomic mass is 10.2. The molecule has 3 rings (SSSR count). The minimum absolute atomic E-state index is 0.0149. The number of aromatic nitrogens is 2. The molecular weight excluding hydrogens is 314 g/mol. The van der Waals surface area contributed by atoms with Gasteiger partial charge in [-0.15, -0.1) is 0 Å². The van der Waals surface area contributed by atoms with E-state index in [1.54, 1.807) is 12.1 Å². The summed E-state index contributed by atoms with van der Waals surface area (Å²) >= 11 is 0. The van der Waals surface area contributed by atoms with E-state index in [-0.39, 0.29) is 30.1 Å². The van der Waals surface area contributed by atoms with Crippen LogP contribution in [0.1, 0.15) is 17.7 Å². The highest BCUT2D eigenvalue weighted by Gasteiger charge is 2.16. The van der Waals surface area contributed by atoms with E-state index in [4.69, 9.17) is 4.74 Å². The molecule has 1 aromatic heterocycles. The van der Waals surface area contributed by atoms with Crippen molar-refractivity contribution >= 4 is 5.69 Å². The van der Waals surface area contributed by atoms with Crippen LogP contribution in [0.25, 0.3) is 0 Å². The molecule has 0 bridgehead atoms. The Morgan fingerprint density at radius 1 is 1.38 bits per heavy atom. The Kier molecular flexibility index (Phi) is 4.57. The van der Waals surface area contributed by atoms with E-state index in [2.05, 4.69) is 5.10 Å². The van der Waals surface area contributed by atoms with Gasteiger partial charge in [0.1, 0.15) is 18.5 Å². The number of aryl methyl sites for hydroxylation is 2. The van der Waals surface area contributed by atoms with Gasteiger partial charge in [0.25, 0.3) is 11.2 Å². The summed E-state index contributed by atoms with van der Waals surface area (Å²) in [6.45, 7) is -0.0760. The van der Waals surface area contributed by atoms with Crippen LogP contribution < -0.4 is 10.3 Å². The molecule has 1 aliphatic carbocycles. The average molecular weight is 331 g/mol. The highest BCUT2D eigenvalue weighted by Crippen LogP contribution is 2.19. The first kappa shape index (κ1) is 16.1. The summed E-state index contributed by atoms with van der Waals surface area (Å²) in [5, 5.41) is 25.1. The lowest BCUT2D eigenvalue weighted by molar-refractivity contribution is -0.384. The quantitative estimate of drug-likeness (QED) is 0.627. The number of hydrogen-bond acceptors (Lipinski definition) is 6. The van der Waals surface area contributed by atoms with Gasteiger partial charge in [-0.25, -0.2) is 4.68 Å². The third-order valence-corrected chi connectivity index (χ3v) is 3.88. The Labute approximate surface area is 137 Å². The van der Waals surface area contributed by atoms with E-state index < -0.39 is 11.0 Å². The van der Waals surface area contributed by atoms with Crippen molar-refractivity contribution in [2.24, 2.45) is 0 Å². The van der Waals surface area contributed by atoms with Crippen molar-refractivity contribution in [3.63, 3.8) is 0 Å². The van der Waals surface area contributed by atoms with E-state index in [1.165, 1.54) is 22.9 Å². The number of nitro groups is 1. The summed E-state index contributed by atoms with van der Waals surface area (Å²) in [6, 6.07) is 7.29. The fraction of sp³-hybridized carbons (Fsp3) is 0.375. The first-order chi connectivity index (χ1) is 11.5. The fourth-order valence-electron chi connectivity index (χ4n) is 2.70. The minimum Gasteiger partial charge on any atom is -0.491 e. The normalized spacial score (nSPS) is 14.2. The number of hydrogen-bond donors (Lipinski definition) is 1. The molecule has 8 heteroatoms. The molecular formula is C16H17N3O5. The zero-order valence-electron chi connectivity index (χ0n) is 12.9. The third kappa shape index (κ3) is 3.60. The highest BCUT2D eigenvalue weighted by molar-refractivity contribution is 5.37. The number of aliphatic hydroxyl groups excluding tert-OH is 1. The Morgan fingerprint density at radius 2 is 2.21 bits per heavy atom. The Morgan fingerprint density at radius 3 is 3.00 bits per heavy atom. The maximum Gasteiger partial charge on any atom is 0.273 e. The van der Waals surface area contributed by atoms with Crippen molar-refractivity contribution in [1.82, 2.24) is 9.78 Å². The van der Waals surface area contributed by atoms with Crippen molar-refractivity contribution in [3.8, 4) is 5.75 Å². The fourth-order valence-corrected chi connectivity index (χ4v) is 2.70. The van der Waals surface area contributed by atoms with Crippen molar-refractivity contribution < 1.29 is 14.8 Å². The number of aliphatic hydroxyl groups is 1. The molecule has 0 aliphatic heterocycles. The predicted octanol–water partition coefficient (Wildman–Crippen LogP) is 1.08. The highest BCUT2D eigenvalue weighted by atomic mass is 16.6. The molecule has 1 aliphatic rings. The summed E-state index contributed by atoms with van der Waals surface area (Å²) in [5.74, 6) is 0.289. The van der Waals surface area contributed by atoms with Gasteiger partial charge in [-0.3, -0.25) is 14.9 Å². The van der Waals surface area contributed by atoms with Crippen LogP contribution in [-0.2, 0) is 19.4 Å². The van der Waals surface area contributed by atoms with Crippen molar-refractivity contribution in [2.75, 3.05) is 6.61 Å². The minimum atomic E-state index is -0.950.